The molecular formula is C16H14O. The van der Waals surface area contributed by atoms with Gasteiger partial charge in [-0.25, -0.2) is 0 Å². The first-order valence-corrected chi connectivity index (χ1v) is 6.30. The van der Waals surface area contributed by atoms with Crippen molar-refractivity contribution in [2.75, 3.05) is 0 Å². The van der Waals surface area contributed by atoms with E-state index in [1.54, 1.807) is 0 Å². The molecule has 84 valence electrons. The molecule has 17 heavy (non-hydrogen) atoms. The van der Waals surface area contributed by atoms with Crippen LogP contribution in [0, 0.1) is 17.8 Å². The van der Waals surface area contributed by atoms with Crippen LogP contribution in [0.5, 0.6) is 0 Å². The topological polar surface area (TPSA) is 17.1 Å². The number of fused-ring (bicyclic) bond motifs is 5. The number of hydrogen-bond donors (Lipinski definition) is 0. The Labute approximate surface area is 101 Å². The lowest BCUT2D eigenvalue weighted by Crippen LogP contribution is -2.33. The third-order valence-corrected chi connectivity index (χ3v) is 4.73. The van der Waals surface area contributed by atoms with E-state index in [4.69, 9.17) is 0 Å². The zero-order valence-corrected chi connectivity index (χ0v) is 9.54. The maximum atomic E-state index is 12.6. The fourth-order valence-electron chi connectivity index (χ4n) is 3.99. The van der Waals surface area contributed by atoms with Gasteiger partial charge in [0.05, 0.1) is 5.41 Å². The molecule has 0 aliphatic heterocycles. The Morgan fingerprint density at radius 3 is 2.76 bits per heavy atom. The van der Waals surface area contributed by atoms with Gasteiger partial charge in [-0.2, -0.15) is 0 Å². The Morgan fingerprint density at radius 2 is 1.94 bits per heavy atom. The molecule has 0 heterocycles. The molecule has 1 heteroatoms. The largest absolute Gasteiger partial charge is 0.298 e. The van der Waals surface area contributed by atoms with E-state index < -0.39 is 0 Å². The molecule has 1 nitrogen and oxygen atoms in total. The van der Waals surface area contributed by atoms with Crippen LogP contribution < -0.4 is 0 Å². The van der Waals surface area contributed by atoms with Crippen molar-refractivity contribution in [1.82, 2.24) is 0 Å². The van der Waals surface area contributed by atoms with Crippen molar-refractivity contribution < 1.29 is 4.79 Å². The third-order valence-electron chi connectivity index (χ3n) is 4.73. The summed E-state index contributed by atoms with van der Waals surface area (Å²) in [5, 5.41) is 0. The number of ketones is 1. The second kappa shape index (κ2) is 2.98. The lowest BCUT2D eigenvalue weighted by molar-refractivity contribution is -0.122. The zero-order valence-electron chi connectivity index (χ0n) is 9.54. The van der Waals surface area contributed by atoms with Crippen LogP contribution in [0.4, 0.5) is 0 Å². The summed E-state index contributed by atoms with van der Waals surface area (Å²) in [5.74, 6) is 1.50. The van der Waals surface area contributed by atoms with Crippen LogP contribution in [0.2, 0.25) is 0 Å². The highest BCUT2D eigenvalue weighted by Crippen LogP contribution is 2.58. The summed E-state index contributed by atoms with van der Waals surface area (Å²) in [6.45, 7) is 0. The van der Waals surface area contributed by atoms with Crippen molar-refractivity contribution in [3.8, 4) is 0 Å². The van der Waals surface area contributed by atoms with Crippen LogP contribution in [-0.2, 0) is 10.2 Å². The number of benzene rings is 1. The molecule has 0 amide bonds. The molecule has 0 unspecified atom stereocenters. The van der Waals surface area contributed by atoms with E-state index in [2.05, 4.69) is 36.4 Å². The minimum absolute atomic E-state index is 0.162. The number of hydrogen-bond acceptors (Lipinski definition) is 1. The Morgan fingerprint density at radius 1 is 1.12 bits per heavy atom. The number of rotatable bonds is 1. The molecule has 1 fully saturated rings. The third kappa shape index (κ3) is 0.940. The van der Waals surface area contributed by atoms with Crippen LogP contribution in [0.3, 0.4) is 0 Å². The summed E-state index contributed by atoms with van der Waals surface area (Å²) >= 11 is 0. The highest BCUT2D eigenvalue weighted by Gasteiger charge is 2.61. The van der Waals surface area contributed by atoms with Crippen molar-refractivity contribution in [2.24, 2.45) is 17.8 Å². The van der Waals surface area contributed by atoms with Crippen molar-refractivity contribution in [1.29, 1.82) is 0 Å². The highest BCUT2D eigenvalue weighted by molar-refractivity contribution is 6.01. The fourth-order valence-corrected chi connectivity index (χ4v) is 3.99. The van der Waals surface area contributed by atoms with E-state index in [9.17, 15) is 4.79 Å². The normalized spacial score (nSPS) is 41.2. The van der Waals surface area contributed by atoms with Gasteiger partial charge >= 0.3 is 0 Å². The van der Waals surface area contributed by atoms with Gasteiger partial charge in [0.2, 0.25) is 0 Å². The van der Waals surface area contributed by atoms with Gasteiger partial charge in [-0.3, -0.25) is 4.79 Å². The summed E-state index contributed by atoms with van der Waals surface area (Å²) in [7, 11) is 0. The molecule has 1 aromatic carbocycles. The minimum Gasteiger partial charge on any atom is -0.298 e. The first-order chi connectivity index (χ1) is 8.34. The monoisotopic (exact) mass is 222 g/mol. The lowest BCUT2D eigenvalue weighted by Gasteiger charge is -2.30. The molecule has 1 aromatic rings. The van der Waals surface area contributed by atoms with Crippen LogP contribution in [0.25, 0.3) is 0 Å². The van der Waals surface area contributed by atoms with Gasteiger partial charge in [0.15, 0.2) is 5.78 Å². The molecule has 0 N–H and O–H groups in total. The smallest absolute Gasteiger partial charge is 0.154 e. The Bertz CT molecular complexity index is 540. The van der Waals surface area contributed by atoms with Gasteiger partial charge in [-0.05, 0) is 17.9 Å². The van der Waals surface area contributed by atoms with E-state index in [-0.39, 0.29) is 11.3 Å². The van der Waals surface area contributed by atoms with Crippen LogP contribution in [0.15, 0.2) is 54.6 Å². The van der Waals surface area contributed by atoms with E-state index in [1.165, 1.54) is 5.56 Å². The standard InChI is InChI=1S/C16H14O/c17-15-13-9-10-16(15,11-5-2-1-3-6-11)14-8-4-7-12(13)14/h1-6,8-10,12-14H,7H2/t12-,13+,14-,16+/m0/s1. The van der Waals surface area contributed by atoms with Crippen molar-refractivity contribution >= 4 is 5.78 Å². The van der Waals surface area contributed by atoms with Gasteiger partial charge in [-0.1, -0.05) is 54.6 Å². The van der Waals surface area contributed by atoms with E-state index in [0.29, 0.717) is 17.6 Å². The molecule has 0 spiro atoms. The summed E-state index contributed by atoms with van der Waals surface area (Å²) in [5.41, 5.74) is 0.826. The predicted molar refractivity (Wildman–Crippen MR) is 66.5 cm³/mol. The number of allylic oxidation sites excluding steroid dienone is 4. The zero-order chi connectivity index (χ0) is 11.5. The number of carbonyl (C=O) groups excluding carboxylic acids is 1. The molecule has 1 saturated carbocycles. The molecule has 0 radical (unpaired) electrons. The SMILES string of the molecule is O=C1[C@@H]2C=C[C@@]1(c1ccccc1)[C@H]1C=CC[C@@H]21. The molecule has 4 atom stereocenters. The van der Waals surface area contributed by atoms with Crippen LogP contribution in [-0.4, -0.2) is 5.78 Å². The van der Waals surface area contributed by atoms with Crippen molar-refractivity contribution in [3.63, 3.8) is 0 Å². The minimum atomic E-state index is -0.344. The van der Waals surface area contributed by atoms with E-state index in [0.717, 1.165) is 6.42 Å². The molecule has 0 aromatic heterocycles. The number of Topliss-reactive ketones (excluding diaryl/α,β-unsaturated/α-hetero) is 1. The maximum absolute atomic E-state index is 12.6. The average molecular weight is 222 g/mol. The first kappa shape index (κ1) is 9.41. The Balaban J connectivity index is 1.95. The Kier molecular flexibility index (Phi) is 1.65. The van der Waals surface area contributed by atoms with Crippen LogP contribution >= 0.6 is 0 Å². The van der Waals surface area contributed by atoms with Gasteiger partial charge in [-0.15, -0.1) is 0 Å². The van der Waals surface area contributed by atoms with Crippen LogP contribution in [0.1, 0.15) is 12.0 Å². The van der Waals surface area contributed by atoms with Gasteiger partial charge in [0.25, 0.3) is 0 Å². The molecule has 2 bridgehead atoms. The fraction of sp³-hybridized carbons (Fsp3) is 0.312. The summed E-state index contributed by atoms with van der Waals surface area (Å²) in [6.07, 6.45) is 9.88. The molecule has 3 aliphatic rings. The molecule has 0 saturated heterocycles. The Hall–Kier alpha value is -1.63. The second-order valence-electron chi connectivity index (χ2n) is 5.34. The summed E-state index contributed by atoms with van der Waals surface area (Å²) in [6, 6.07) is 10.3. The van der Waals surface area contributed by atoms with Gasteiger partial charge in [0, 0.05) is 11.8 Å². The van der Waals surface area contributed by atoms with E-state index in [1.807, 2.05) is 18.2 Å². The van der Waals surface area contributed by atoms with Crippen molar-refractivity contribution in [2.45, 2.75) is 11.8 Å². The van der Waals surface area contributed by atoms with Crippen molar-refractivity contribution in [3.05, 3.63) is 60.2 Å². The average Bonchev–Trinajstić information content (AvgIpc) is 3.02. The summed E-state index contributed by atoms with van der Waals surface area (Å²) in [4.78, 5) is 12.6. The maximum Gasteiger partial charge on any atom is 0.154 e. The van der Waals surface area contributed by atoms with E-state index >= 15 is 0 Å². The molecular weight excluding hydrogens is 208 g/mol. The highest BCUT2D eigenvalue weighted by atomic mass is 16.1. The van der Waals surface area contributed by atoms with Gasteiger partial charge < -0.3 is 0 Å². The number of carbonyl (C=O) groups is 1. The predicted octanol–water partition coefficient (Wildman–Crippen LogP) is 2.89. The quantitative estimate of drug-likeness (QED) is 0.668. The summed E-state index contributed by atoms with van der Waals surface area (Å²) < 4.78 is 0. The molecule has 4 rings (SSSR count). The molecule has 3 aliphatic carbocycles. The van der Waals surface area contributed by atoms with Gasteiger partial charge in [0.1, 0.15) is 0 Å². The lowest BCUT2D eigenvalue weighted by atomic mass is 9.70. The first-order valence-electron chi connectivity index (χ1n) is 6.30. The second-order valence-corrected chi connectivity index (χ2v) is 5.34.